The van der Waals surface area contributed by atoms with E-state index in [0.29, 0.717) is 23.0 Å². The van der Waals surface area contributed by atoms with Crippen molar-refractivity contribution in [1.82, 2.24) is 15.2 Å². The average molecular weight is 705 g/mol. The highest BCUT2D eigenvalue weighted by atomic mass is 19.4. The Morgan fingerprint density at radius 3 is 2.08 bits per heavy atom. The molecule has 1 atom stereocenters. The van der Waals surface area contributed by atoms with Gasteiger partial charge in [-0.25, -0.2) is 4.79 Å². The Bertz CT molecular complexity index is 1620. The van der Waals surface area contributed by atoms with Crippen molar-refractivity contribution < 1.29 is 54.6 Å². The van der Waals surface area contributed by atoms with Gasteiger partial charge in [-0.3, -0.25) is 14.5 Å². The number of H-pyrrole nitrogens is 1. The van der Waals surface area contributed by atoms with Gasteiger partial charge in [0.05, 0.1) is 12.3 Å². The fourth-order valence-electron chi connectivity index (χ4n) is 3.89. The van der Waals surface area contributed by atoms with Gasteiger partial charge in [-0.05, 0) is 66.0 Å². The third-order valence-corrected chi connectivity index (χ3v) is 6.23. The van der Waals surface area contributed by atoms with Gasteiger partial charge in [0.15, 0.2) is 0 Å². The highest BCUT2D eigenvalue weighted by Crippen LogP contribution is 2.47. The molecule has 0 spiro atoms. The van der Waals surface area contributed by atoms with Gasteiger partial charge in [0.2, 0.25) is 5.60 Å². The lowest BCUT2D eigenvalue weighted by molar-refractivity contribution is -0.299. The van der Waals surface area contributed by atoms with Crippen molar-refractivity contribution in [3.8, 4) is 11.6 Å². The second-order valence-electron chi connectivity index (χ2n) is 12.5. The van der Waals surface area contributed by atoms with Gasteiger partial charge in [-0.15, -0.1) is 16.8 Å². The minimum atomic E-state index is -5.14. The molecule has 1 aromatic carbocycles. The molecule has 2 aromatic heterocycles. The van der Waals surface area contributed by atoms with Crippen LogP contribution in [0.5, 0.6) is 0 Å². The second kappa shape index (κ2) is 15.7. The van der Waals surface area contributed by atoms with Crippen molar-refractivity contribution in [3.05, 3.63) is 76.4 Å². The number of benzene rings is 1. The SMILES string of the molecule is C=CCCC(OCc1ccccc1)(c1nnc(-c2[nH]c(=O)c(C(F)(F)F)cc2N(C)C(=O)OC(C)(C)C)o1)C(F)(F)F.CC(C)(C)OC=O. The first-order valence-corrected chi connectivity index (χ1v) is 14.6. The molecule has 3 rings (SSSR count). The summed E-state index contributed by atoms with van der Waals surface area (Å²) in [5, 5.41) is 7.11. The molecule has 0 bridgehead atoms. The predicted octanol–water partition coefficient (Wildman–Crippen LogP) is 7.71. The third kappa shape index (κ3) is 11.2. The fourth-order valence-corrected chi connectivity index (χ4v) is 3.89. The van der Waals surface area contributed by atoms with E-state index < -0.39 is 77.0 Å². The number of rotatable bonds is 10. The molecule has 49 heavy (non-hydrogen) atoms. The zero-order valence-electron chi connectivity index (χ0n) is 27.9. The number of aromatic amines is 1. The van der Waals surface area contributed by atoms with Gasteiger partial charge >= 0.3 is 18.4 Å². The lowest BCUT2D eigenvalue weighted by Gasteiger charge is -2.32. The molecule has 11 nitrogen and oxygen atoms in total. The topological polar surface area (TPSA) is 137 Å². The number of hydrogen-bond acceptors (Lipinski definition) is 9. The number of hydrogen-bond donors (Lipinski definition) is 1. The number of aromatic nitrogens is 3. The number of anilines is 1. The Kier molecular flexibility index (Phi) is 13.0. The Morgan fingerprint density at radius 2 is 1.61 bits per heavy atom. The summed E-state index contributed by atoms with van der Waals surface area (Å²) in [7, 11) is 1.04. The zero-order chi connectivity index (χ0) is 37.4. The van der Waals surface area contributed by atoms with Crippen LogP contribution in [0.2, 0.25) is 0 Å². The van der Waals surface area contributed by atoms with Crippen LogP contribution in [0.15, 0.2) is 58.3 Å². The molecule has 0 fully saturated rings. The Morgan fingerprint density at radius 1 is 1.00 bits per heavy atom. The van der Waals surface area contributed by atoms with Crippen molar-refractivity contribution in [2.75, 3.05) is 11.9 Å². The third-order valence-electron chi connectivity index (χ3n) is 6.23. The number of pyridine rings is 1. The number of ether oxygens (including phenoxy) is 3. The van der Waals surface area contributed by atoms with Crippen LogP contribution in [0, 0.1) is 0 Å². The van der Waals surface area contributed by atoms with E-state index in [1.165, 1.54) is 26.8 Å². The van der Waals surface area contributed by atoms with Crippen molar-refractivity contribution in [2.45, 2.75) is 90.1 Å². The largest absolute Gasteiger partial charge is 0.462 e. The predicted molar refractivity (Wildman–Crippen MR) is 165 cm³/mol. The first-order chi connectivity index (χ1) is 22.5. The quantitative estimate of drug-likeness (QED) is 0.128. The number of amides is 1. The lowest BCUT2D eigenvalue weighted by atomic mass is 9.96. The Labute approximate surface area is 278 Å². The molecule has 2 heterocycles. The summed E-state index contributed by atoms with van der Waals surface area (Å²) in [5.74, 6) is -1.88. The maximum Gasteiger partial charge on any atom is 0.426 e. The number of nitrogens with zero attached hydrogens (tertiary/aromatic N) is 3. The minimum absolute atomic E-state index is 0.199. The summed E-state index contributed by atoms with van der Waals surface area (Å²) < 4.78 is 105. The monoisotopic (exact) mass is 704 g/mol. The summed E-state index contributed by atoms with van der Waals surface area (Å²) in [6.45, 7) is 13.4. The van der Waals surface area contributed by atoms with E-state index in [9.17, 15) is 40.7 Å². The number of carbonyl (C=O) groups is 2. The van der Waals surface area contributed by atoms with E-state index in [1.54, 1.807) is 30.3 Å². The van der Waals surface area contributed by atoms with Crippen molar-refractivity contribution in [1.29, 1.82) is 0 Å². The smallest absolute Gasteiger partial charge is 0.426 e. The normalized spacial score (nSPS) is 13.4. The molecule has 0 aliphatic rings. The number of alkyl halides is 6. The first-order valence-electron chi connectivity index (χ1n) is 14.6. The minimum Gasteiger partial charge on any atom is -0.462 e. The molecule has 270 valence electrons. The maximum absolute atomic E-state index is 14.7. The average Bonchev–Trinajstić information content (AvgIpc) is 3.45. The maximum atomic E-state index is 14.7. The summed E-state index contributed by atoms with van der Waals surface area (Å²) in [6.07, 6.45) is -11.1. The van der Waals surface area contributed by atoms with Gasteiger partial charge in [-0.2, -0.15) is 26.3 Å². The summed E-state index contributed by atoms with van der Waals surface area (Å²) in [6, 6.07) is 8.29. The standard InChI is InChI=1S/C27H28F6N4O5.C5H10O2/c1-6-7-13-25(27(31,32)33,40-15-16-11-9-8-10-12-16)22-36-35-21(41-22)19-18(37(5)23(39)42-24(2,3)4)14-17(20(38)34-19)26(28,29)30;1-5(2,3)7-4-6/h6,8-12,14H,1,7,13,15H2,2-5H3,(H,34,38);4H,1-3H3. The molecule has 0 radical (unpaired) electrons. The molecule has 0 saturated carbocycles. The van der Waals surface area contributed by atoms with Gasteiger partial charge in [0.25, 0.3) is 23.8 Å². The second-order valence-corrected chi connectivity index (χ2v) is 12.5. The van der Waals surface area contributed by atoms with Crippen LogP contribution in [-0.4, -0.2) is 52.2 Å². The van der Waals surface area contributed by atoms with Crippen LogP contribution in [-0.2, 0) is 37.4 Å². The molecule has 3 aromatic rings. The number of nitrogens with one attached hydrogen (secondary N) is 1. The van der Waals surface area contributed by atoms with Crippen LogP contribution < -0.4 is 10.5 Å². The highest BCUT2D eigenvalue weighted by molar-refractivity contribution is 5.91. The molecular weight excluding hydrogens is 666 g/mol. The first kappa shape index (κ1) is 40.5. The van der Waals surface area contributed by atoms with Gasteiger partial charge < -0.3 is 23.6 Å². The number of halogens is 6. The van der Waals surface area contributed by atoms with Crippen LogP contribution in [0.4, 0.5) is 36.8 Å². The molecule has 17 heteroatoms. The van der Waals surface area contributed by atoms with E-state index in [1.807, 2.05) is 25.8 Å². The van der Waals surface area contributed by atoms with Crippen molar-refractivity contribution in [2.24, 2.45) is 0 Å². The number of carbonyl (C=O) groups excluding carboxylic acids is 2. The lowest BCUT2D eigenvalue weighted by Crippen LogP contribution is -2.45. The van der Waals surface area contributed by atoms with Gasteiger partial charge in [0.1, 0.15) is 22.5 Å². The van der Waals surface area contributed by atoms with Crippen LogP contribution >= 0.6 is 0 Å². The molecule has 1 unspecified atom stereocenters. The van der Waals surface area contributed by atoms with Crippen LogP contribution in [0.1, 0.15) is 71.4 Å². The molecule has 1 N–H and O–H groups in total. The summed E-state index contributed by atoms with van der Waals surface area (Å²) in [5.41, 5.74) is -8.76. The van der Waals surface area contributed by atoms with E-state index in [2.05, 4.69) is 21.5 Å². The van der Waals surface area contributed by atoms with Crippen molar-refractivity contribution >= 4 is 18.3 Å². The zero-order valence-corrected chi connectivity index (χ0v) is 27.9. The van der Waals surface area contributed by atoms with E-state index in [0.717, 1.165) is 7.05 Å². The van der Waals surface area contributed by atoms with E-state index in [4.69, 9.17) is 13.9 Å². The van der Waals surface area contributed by atoms with Gasteiger partial charge in [0, 0.05) is 7.05 Å². The summed E-state index contributed by atoms with van der Waals surface area (Å²) in [4.78, 5) is 37.2. The highest BCUT2D eigenvalue weighted by Gasteiger charge is 2.61. The van der Waals surface area contributed by atoms with E-state index in [-0.39, 0.29) is 12.0 Å². The van der Waals surface area contributed by atoms with E-state index >= 15 is 0 Å². The molecule has 0 aliphatic carbocycles. The molecule has 0 saturated heterocycles. The van der Waals surface area contributed by atoms with Gasteiger partial charge in [-0.1, -0.05) is 36.4 Å². The number of allylic oxidation sites excluding steroid dienone is 1. The van der Waals surface area contributed by atoms with Crippen LogP contribution in [0.3, 0.4) is 0 Å². The Balaban J connectivity index is 0.00000107. The molecule has 1 amide bonds. The molecule has 0 aliphatic heterocycles. The van der Waals surface area contributed by atoms with Crippen molar-refractivity contribution in [3.63, 3.8) is 0 Å². The Hall–Kier alpha value is -4.67. The fraction of sp³-hybridized carbons (Fsp3) is 0.469. The summed E-state index contributed by atoms with van der Waals surface area (Å²) >= 11 is 0. The molecular formula is C32H38F6N4O7. The van der Waals surface area contributed by atoms with Crippen LogP contribution in [0.25, 0.3) is 11.6 Å².